The number of halogens is 1. The van der Waals surface area contributed by atoms with Crippen molar-refractivity contribution in [1.29, 1.82) is 0 Å². The minimum absolute atomic E-state index is 0.383. The third-order valence-electron chi connectivity index (χ3n) is 2.96. The molecule has 1 aromatic carbocycles. The van der Waals surface area contributed by atoms with E-state index in [9.17, 15) is 4.79 Å². The largest absolute Gasteiger partial charge is 0.496 e. The SMILES string of the molecule is COC(=O)C(Cc1ccc(OCCCBr)cc1OC)OC. The normalized spacial score (nSPS) is 11.8. The van der Waals surface area contributed by atoms with Crippen LogP contribution in [-0.2, 0) is 20.7 Å². The monoisotopic (exact) mass is 360 g/mol. The highest BCUT2D eigenvalue weighted by Gasteiger charge is 2.21. The second-order valence-corrected chi connectivity index (χ2v) is 5.11. The van der Waals surface area contributed by atoms with Crippen molar-refractivity contribution in [3.63, 3.8) is 0 Å². The van der Waals surface area contributed by atoms with E-state index < -0.39 is 12.1 Å². The highest BCUT2D eigenvalue weighted by Crippen LogP contribution is 2.26. The van der Waals surface area contributed by atoms with Crippen molar-refractivity contribution in [2.45, 2.75) is 18.9 Å². The number of benzene rings is 1. The van der Waals surface area contributed by atoms with Gasteiger partial charge in [0.15, 0.2) is 6.10 Å². The third kappa shape index (κ3) is 5.55. The predicted molar refractivity (Wildman–Crippen MR) is 83.4 cm³/mol. The van der Waals surface area contributed by atoms with Crippen LogP contribution >= 0.6 is 15.9 Å². The zero-order valence-electron chi connectivity index (χ0n) is 12.6. The number of hydrogen-bond donors (Lipinski definition) is 0. The Labute approximate surface area is 133 Å². The zero-order valence-corrected chi connectivity index (χ0v) is 14.1. The van der Waals surface area contributed by atoms with Gasteiger partial charge in [-0.2, -0.15) is 0 Å². The molecule has 0 saturated carbocycles. The molecule has 0 heterocycles. The fraction of sp³-hybridized carbons (Fsp3) is 0.533. The van der Waals surface area contributed by atoms with Crippen LogP contribution in [0.4, 0.5) is 0 Å². The van der Waals surface area contributed by atoms with Crippen LogP contribution in [0.15, 0.2) is 18.2 Å². The molecular weight excluding hydrogens is 340 g/mol. The summed E-state index contributed by atoms with van der Waals surface area (Å²) in [7, 11) is 4.40. The first-order chi connectivity index (χ1) is 10.2. The Balaban J connectivity index is 2.80. The summed E-state index contributed by atoms with van der Waals surface area (Å²) in [5.41, 5.74) is 0.864. The zero-order chi connectivity index (χ0) is 15.7. The lowest BCUT2D eigenvalue weighted by atomic mass is 10.1. The summed E-state index contributed by atoms with van der Waals surface area (Å²) in [6, 6.07) is 5.54. The summed E-state index contributed by atoms with van der Waals surface area (Å²) in [4.78, 5) is 11.6. The van der Waals surface area contributed by atoms with Gasteiger partial charge in [-0.15, -0.1) is 0 Å². The average Bonchev–Trinajstić information content (AvgIpc) is 2.52. The van der Waals surface area contributed by atoms with Gasteiger partial charge in [0.25, 0.3) is 0 Å². The van der Waals surface area contributed by atoms with E-state index in [1.165, 1.54) is 14.2 Å². The molecule has 1 atom stereocenters. The molecule has 0 aliphatic rings. The molecule has 0 aromatic heterocycles. The Morgan fingerprint density at radius 1 is 1.29 bits per heavy atom. The van der Waals surface area contributed by atoms with Gasteiger partial charge in [-0.25, -0.2) is 4.79 Å². The number of carbonyl (C=O) groups excluding carboxylic acids is 1. The van der Waals surface area contributed by atoms with E-state index in [1.807, 2.05) is 18.2 Å². The van der Waals surface area contributed by atoms with Crippen LogP contribution in [0.5, 0.6) is 11.5 Å². The number of ether oxygens (including phenoxy) is 4. The standard InChI is InChI=1S/C15H21BrO5/c1-18-13-10-12(21-8-4-7-16)6-5-11(13)9-14(19-2)15(17)20-3/h5-6,10,14H,4,7-9H2,1-3H3. The van der Waals surface area contributed by atoms with Crippen molar-refractivity contribution in [2.75, 3.05) is 33.3 Å². The fourth-order valence-corrected chi connectivity index (χ4v) is 2.05. The first-order valence-electron chi connectivity index (χ1n) is 6.62. The van der Waals surface area contributed by atoms with Gasteiger partial charge in [0.05, 0.1) is 20.8 Å². The molecule has 0 amide bonds. The second-order valence-electron chi connectivity index (χ2n) is 4.32. The maximum Gasteiger partial charge on any atom is 0.335 e. The number of rotatable bonds is 9. The third-order valence-corrected chi connectivity index (χ3v) is 3.52. The number of carbonyl (C=O) groups is 1. The summed E-state index contributed by atoms with van der Waals surface area (Å²) in [6.07, 6.45) is 0.663. The molecule has 1 aromatic rings. The summed E-state index contributed by atoms with van der Waals surface area (Å²) in [5.74, 6) is 0.998. The van der Waals surface area contributed by atoms with Crippen molar-refractivity contribution in [2.24, 2.45) is 0 Å². The van der Waals surface area contributed by atoms with Crippen LogP contribution in [0.3, 0.4) is 0 Å². The Bertz CT molecular complexity index is 450. The number of alkyl halides is 1. The lowest BCUT2D eigenvalue weighted by molar-refractivity contribution is -0.152. The van der Waals surface area contributed by atoms with E-state index in [-0.39, 0.29) is 0 Å². The van der Waals surface area contributed by atoms with E-state index in [0.717, 1.165) is 23.1 Å². The molecule has 1 unspecified atom stereocenters. The van der Waals surface area contributed by atoms with Gasteiger partial charge in [0.2, 0.25) is 0 Å². The summed E-state index contributed by atoms with van der Waals surface area (Å²) in [5, 5.41) is 0.900. The summed E-state index contributed by atoms with van der Waals surface area (Å²) >= 11 is 3.36. The topological polar surface area (TPSA) is 54.0 Å². The average molecular weight is 361 g/mol. The lowest BCUT2D eigenvalue weighted by Gasteiger charge is -2.16. The van der Waals surface area contributed by atoms with Crippen LogP contribution in [0, 0.1) is 0 Å². The molecule has 0 fully saturated rings. The minimum atomic E-state index is -0.649. The molecular formula is C15H21BrO5. The molecule has 0 N–H and O–H groups in total. The van der Waals surface area contributed by atoms with E-state index in [0.29, 0.717) is 18.8 Å². The van der Waals surface area contributed by atoms with Crippen LogP contribution < -0.4 is 9.47 Å². The van der Waals surface area contributed by atoms with Gasteiger partial charge in [0.1, 0.15) is 11.5 Å². The molecule has 21 heavy (non-hydrogen) atoms. The quantitative estimate of drug-likeness (QED) is 0.385. The molecule has 5 nitrogen and oxygen atoms in total. The van der Waals surface area contributed by atoms with Gasteiger partial charge in [-0.1, -0.05) is 22.0 Å². The molecule has 1 rings (SSSR count). The maximum atomic E-state index is 11.6. The van der Waals surface area contributed by atoms with Crippen molar-refractivity contribution in [3.8, 4) is 11.5 Å². The van der Waals surface area contributed by atoms with Gasteiger partial charge < -0.3 is 18.9 Å². The highest BCUT2D eigenvalue weighted by atomic mass is 79.9. The summed E-state index contributed by atoms with van der Waals surface area (Å²) < 4.78 is 20.8. The minimum Gasteiger partial charge on any atom is -0.496 e. The van der Waals surface area contributed by atoms with Crippen molar-refractivity contribution < 1.29 is 23.7 Å². The van der Waals surface area contributed by atoms with E-state index in [1.54, 1.807) is 7.11 Å². The molecule has 0 bridgehead atoms. The fourth-order valence-electron chi connectivity index (χ4n) is 1.82. The van der Waals surface area contributed by atoms with Crippen LogP contribution in [-0.4, -0.2) is 45.3 Å². The molecule has 118 valence electrons. The first kappa shape index (κ1) is 17.8. The molecule has 0 radical (unpaired) electrons. The Kier molecular flexibility index (Phi) is 8.15. The van der Waals surface area contributed by atoms with Gasteiger partial charge in [0, 0.05) is 24.9 Å². The van der Waals surface area contributed by atoms with Crippen LogP contribution in [0.1, 0.15) is 12.0 Å². The van der Waals surface area contributed by atoms with E-state index in [2.05, 4.69) is 15.9 Å². The molecule has 0 spiro atoms. The lowest BCUT2D eigenvalue weighted by Crippen LogP contribution is -2.26. The molecule has 0 aliphatic carbocycles. The van der Waals surface area contributed by atoms with Crippen molar-refractivity contribution >= 4 is 21.9 Å². The number of esters is 1. The maximum absolute atomic E-state index is 11.6. The van der Waals surface area contributed by atoms with E-state index >= 15 is 0 Å². The highest BCUT2D eigenvalue weighted by molar-refractivity contribution is 9.09. The number of methoxy groups -OCH3 is 3. The van der Waals surface area contributed by atoms with Crippen molar-refractivity contribution in [1.82, 2.24) is 0 Å². The Hall–Kier alpha value is -1.27. The van der Waals surface area contributed by atoms with E-state index in [4.69, 9.17) is 18.9 Å². The Morgan fingerprint density at radius 2 is 2.05 bits per heavy atom. The number of hydrogen-bond acceptors (Lipinski definition) is 5. The van der Waals surface area contributed by atoms with Gasteiger partial charge in [-0.3, -0.25) is 0 Å². The summed E-state index contributed by atoms with van der Waals surface area (Å²) in [6.45, 7) is 0.636. The Morgan fingerprint density at radius 3 is 2.62 bits per heavy atom. The predicted octanol–water partition coefficient (Wildman–Crippen LogP) is 2.59. The first-order valence-corrected chi connectivity index (χ1v) is 7.74. The van der Waals surface area contributed by atoms with Gasteiger partial charge in [-0.05, 0) is 18.1 Å². The smallest absolute Gasteiger partial charge is 0.335 e. The van der Waals surface area contributed by atoms with Crippen LogP contribution in [0.25, 0.3) is 0 Å². The van der Waals surface area contributed by atoms with Gasteiger partial charge >= 0.3 is 5.97 Å². The van der Waals surface area contributed by atoms with Crippen LogP contribution in [0.2, 0.25) is 0 Å². The molecule has 0 aliphatic heterocycles. The molecule has 6 heteroatoms. The molecule has 0 saturated heterocycles. The van der Waals surface area contributed by atoms with Crippen molar-refractivity contribution in [3.05, 3.63) is 23.8 Å². The second kappa shape index (κ2) is 9.63.